The van der Waals surface area contributed by atoms with E-state index in [1.807, 2.05) is 32.0 Å². The number of anilines is 1. The molecule has 0 atom stereocenters. The van der Waals surface area contributed by atoms with Crippen LogP contribution in [0.5, 0.6) is 0 Å². The molecule has 0 aliphatic rings. The summed E-state index contributed by atoms with van der Waals surface area (Å²) in [7, 11) is 0. The Bertz CT molecular complexity index is 627. The van der Waals surface area contributed by atoms with E-state index in [1.54, 1.807) is 6.20 Å². The summed E-state index contributed by atoms with van der Waals surface area (Å²) in [6, 6.07) is 7.88. The average Bonchev–Trinajstić information content (AvgIpc) is 2.53. The molecule has 26 heavy (non-hydrogen) atoms. The van der Waals surface area contributed by atoms with E-state index in [1.165, 1.54) is 0 Å². The second-order valence-corrected chi connectivity index (χ2v) is 5.24. The molecular weight excluding hydrogens is 372 g/mol. The number of alkyl halides is 6. The molecular formula is C14H13F6N3O3. The fourth-order valence-corrected chi connectivity index (χ4v) is 1.02. The first kappa shape index (κ1) is 23.2. The van der Waals surface area contributed by atoms with Gasteiger partial charge in [-0.15, -0.1) is 0 Å². The minimum atomic E-state index is -5.62. The molecule has 0 saturated heterocycles. The summed E-state index contributed by atoms with van der Waals surface area (Å²) < 4.78 is 69.7. The highest BCUT2D eigenvalue weighted by Gasteiger charge is 2.49. The van der Waals surface area contributed by atoms with Crippen LogP contribution in [0.3, 0.4) is 0 Å². The van der Waals surface area contributed by atoms with Crippen molar-refractivity contribution in [2.75, 3.05) is 11.9 Å². The van der Waals surface area contributed by atoms with E-state index in [-0.39, 0.29) is 5.41 Å². The lowest BCUT2D eigenvalue weighted by atomic mass is 9.96. The molecule has 144 valence electrons. The molecule has 1 rings (SSSR count). The fourth-order valence-electron chi connectivity index (χ4n) is 1.02. The third-order valence-electron chi connectivity index (χ3n) is 2.33. The summed E-state index contributed by atoms with van der Waals surface area (Å²) in [5.74, 6) is -5.59. The van der Waals surface area contributed by atoms with Crippen LogP contribution in [0.4, 0.5) is 32.2 Å². The van der Waals surface area contributed by atoms with Crippen LogP contribution in [0.1, 0.15) is 13.8 Å². The number of esters is 2. The Hall–Kier alpha value is -2.84. The van der Waals surface area contributed by atoms with Gasteiger partial charge in [-0.3, -0.25) is 0 Å². The van der Waals surface area contributed by atoms with Crippen LogP contribution < -0.4 is 5.32 Å². The summed E-state index contributed by atoms with van der Waals surface area (Å²) in [4.78, 5) is 23.4. The number of hydrogen-bond donors (Lipinski definition) is 1. The smallest absolute Gasteiger partial charge is 0.380 e. The molecule has 0 aromatic carbocycles. The molecule has 0 aliphatic heterocycles. The zero-order valence-corrected chi connectivity index (χ0v) is 13.4. The number of halogens is 6. The van der Waals surface area contributed by atoms with Gasteiger partial charge in [-0.2, -0.15) is 31.6 Å². The number of ether oxygens (including phenoxy) is 1. The van der Waals surface area contributed by atoms with E-state index in [0.717, 1.165) is 5.82 Å². The highest BCUT2D eigenvalue weighted by atomic mass is 19.4. The van der Waals surface area contributed by atoms with E-state index in [9.17, 15) is 35.9 Å². The maximum atomic E-state index is 11.2. The normalized spacial score (nSPS) is 11.5. The van der Waals surface area contributed by atoms with Crippen molar-refractivity contribution in [2.45, 2.75) is 26.2 Å². The predicted molar refractivity (Wildman–Crippen MR) is 75.3 cm³/mol. The molecule has 1 aromatic rings. The van der Waals surface area contributed by atoms with E-state index in [2.05, 4.69) is 21.1 Å². The van der Waals surface area contributed by atoms with E-state index < -0.39 is 24.3 Å². The number of pyridine rings is 1. The van der Waals surface area contributed by atoms with Gasteiger partial charge in [0.15, 0.2) is 0 Å². The van der Waals surface area contributed by atoms with Gasteiger partial charge in [0.1, 0.15) is 5.82 Å². The molecule has 1 heterocycles. The van der Waals surface area contributed by atoms with Crippen LogP contribution in [0, 0.1) is 16.7 Å². The van der Waals surface area contributed by atoms with Crippen molar-refractivity contribution in [3.05, 3.63) is 24.4 Å². The van der Waals surface area contributed by atoms with Gasteiger partial charge in [-0.1, -0.05) is 6.07 Å². The molecule has 0 aliphatic carbocycles. The van der Waals surface area contributed by atoms with Gasteiger partial charge < -0.3 is 10.1 Å². The van der Waals surface area contributed by atoms with Crippen molar-refractivity contribution >= 4 is 17.8 Å². The van der Waals surface area contributed by atoms with Crippen molar-refractivity contribution < 1.29 is 40.7 Å². The fraction of sp³-hybridized carbons (Fsp3) is 0.429. The minimum absolute atomic E-state index is 0.350. The molecule has 0 bridgehead atoms. The molecule has 1 aromatic heterocycles. The van der Waals surface area contributed by atoms with Gasteiger partial charge >= 0.3 is 24.3 Å². The molecule has 0 spiro atoms. The van der Waals surface area contributed by atoms with Gasteiger partial charge in [0.25, 0.3) is 0 Å². The first-order valence-corrected chi connectivity index (χ1v) is 6.65. The van der Waals surface area contributed by atoms with Crippen molar-refractivity contribution in [1.82, 2.24) is 4.98 Å². The second-order valence-electron chi connectivity index (χ2n) is 5.24. The van der Waals surface area contributed by atoms with Gasteiger partial charge in [0.05, 0.1) is 11.5 Å². The lowest BCUT2D eigenvalue weighted by Gasteiger charge is -2.15. The summed E-state index contributed by atoms with van der Waals surface area (Å²) in [5, 5.41) is 11.9. The Labute approximate surface area is 143 Å². The highest BCUT2D eigenvalue weighted by Crippen LogP contribution is 2.21. The molecule has 0 unspecified atom stereocenters. The van der Waals surface area contributed by atoms with Crippen LogP contribution in [0.15, 0.2) is 24.4 Å². The number of nitriles is 1. The number of carbonyl (C=O) groups is 2. The molecule has 6 nitrogen and oxygen atoms in total. The largest absolute Gasteiger partial charge is 0.491 e. The van der Waals surface area contributed by atoms with Crippen molar-refractivity contribution in [3.8, 4) is 6.07 Å². The number of nitrogens with zero attached hydrogens (tertiary/aromatic N) is 2. The first-order chi connectivity index (χ1) is 11.7. The molecule has 0 amide bonds. The molecule has 1 N–H and O–H groups in total. The van der Waals surface area contributed by atoms with E-state index >= 15 is 0 Å². The van der Waals surface area contributed by atoms with Crippen LogP contribution in [0.2, 0.25) is 0 Å². The van der Waals surface area contributed by atoms with E-state index in [0.29, 0.717) is 6.54 Å². The lowest BCUT2D eigenvalue weighted by molar-refractivity contribution is -0.221. The van der Waals surface area contributed by atoms with Crippen molar-refractivity contribution in [3.63, 3.8) is 0 Å². The monoisotopic (exact) mass is 385 g/mol. The molecule has 0 fully saturated rings. The first-order valence-electron chi connectivity index (χ1n) is 6.65. The van der Waals surface area contributed by atoms with Gasteiger partial charge in [-0.05, 0) is 26.0 Å². The van der Waals surface area contributed by atoms with Gasteiger partial charge in [-0.25, -0.2) is 14.6 Å². The quantitative estimate of drug-likeness (QED) is 0.488. The Morgan fingerprint density at radius 2 is 1.62 bits per heavy atom. The molecule has 0 saturated carbocycles. The number of rotatable bonds is 3. The van der Waals surface area contributed by atoms with Crippen LogP contribution >= 0.6 is 0 Å². The number of aromatic nitrogens is 1. The third kappa shape index (κ3) is 9.45. The molecule has 12 heteroatoms. The van der Waals surface area contributed by atoms with Crippen LogP contribution in [0.25, 0.3) is 0 Å². The summed E-state index contributed by atoms with van der Waals surface area (Å²) >= 11 is 0. The Morgan fingerprint density at radius 1 is 1.12 bits per heavy atom. The van der Waals surface area contributed by atoms with E-state index in [4.69, 9.17) is 5.26 Å². The zero-order valence-electron chi connectivity index (χ0n) is 13.4. The van der Waals surface area contributed by atoms with Crippen molar-refractivity contribution in [2.24, 2.45) is 5.41 Å². The molecule has 0 radical (unpaired) electrons. The maximum Gasteiger partial charge on any atom is 0.491 e. The topological polar surface area (TPSA) is 92.1 Å². The zero-order chi connectivity index (χ0) is 20.6. The maximum absolute atomic E-state index is 11.2. The van der Waals surface area contributed by atoms with Crippen LogP contribution in [-0.4, -0.2) is 35.8 Å². The van der Waals surface area contributed by atoms with Gasteiger partial charge in [0.2, 0.25) is 0 Å². The Balaban J connectivity index is 0.000000481. The van der Waals surface area contributed by atoms with Crippen molar-refractivity contribution in [1.29, 1.82) is 5.26 Å². The number of hydrogen-bond acceptors (Lipinski definition) is 6. The average molecular weight is 385 g/mol. The summed E-state index contributed by atoms with van der Waals surface area (Å²) in [6.07, 6.45) is -9.52. The highest BCUT2D eigenvalue weighted by molar-refractivity contribution is 5.90. The number of nitrogens with one attached hydrogen (secondary N) is 1. The number of carbonyl (C=O) groups excluding carboxylic acids is 2. The summed E-state index contributed by atoms with van der Waals surface area (Å²) in [6.45, 7) is 4.40. The SMILES string of the molecule is CC(C)(C#N)CNc1ccccn1.O=C(OC(=O)C(F)(F)F)C(F)(F)F. The predicted octanol–water partition coefficient (Wildman–Crippen LogP) is 3.22. The Kier molecular flexibility index (Phi) is 8.04. The minimum Gasteiger partial charge on any atom is -0.380 e. The lowest BCUT2D eigenvalue weighted by Crippen LogP contribution is -2.34. The summed E-state index contributed by atoms with van der Waals surface area (Å²) in [5.41, 5.74) is -0.350. The second kappa shape index (κ2) is 9.02. The van der Waals surface area contributed by atoms with Gasteiger partial charge in [0, 0.05) is 12.7 Å². The van der Waals surface area contributed by atoms with Crippen LogP contribution in [-0.2, 0) is 14.3 Å². The third-order valence-corrected chi connectivity index (χ3v) is 2.33. The Morgan fingerprint density at radius 3 is 1.96 bits per heavy atom. The standard InChI is InChI=1S/C10H13N3.C4F6O3/c1-10(2,7-11)8-13-9-5-3-4-6-12-9;5-3(6,7)1(11)13-2(12)4(8,9)10/h3-6H,8H2,1-2H3,(H,12,13);.